The summed E-state index contributed by atoms with van der Waals surface area (Å²) in [6.45, 7) is 1.80. The summed E-state index contributed by atoms with van der Waals surface area (Å²) in [7, 11) is 0. The van der Waals surface area contributed by atoms with E-state index in [9.17, 15) is 4.79 Å². The summed E-state index contributed by atoms with van der Waals surface area (Å²) in [5, 5.41) is 11.8. The summed E-state index contributed by atoms with van der Waals surface area (Å²) in [5.41, 5.74) is 2.35. The van der Waals surface area contributed by atoms with Crippen molar-refractivity contribution in [1.29, 1.82) is 0 Å². The number of rotatable bonds is 3. The molecular formula is C10H13NO2S. The van der Waals surface area contributed by atoms with Gasteiger partial charge < -0.3 is 10.4 Å². The topological polar surface area (TPSA) is 49.3 Å². The highest BCUT2D eigenvalue weighted by Crippen LogP contribution is 2.20. The Balaban J connectivity index is 2.98. The van der Waals surface area contributed by atoms with E-state index in [2.05, 4.69) is 17.9 Å². The Kier molecular flexibility index (Phi) is 3.98. The maximum absolute atomic E-state index is 11.1. The Morgan fingerprint density at radius 2 is 2.29 bits per heavy atom. The number of aliphatic hydroxyl groups excluding tert-OH is 1. The van der Waals surface area contributed by atoms with Gasteiger partial charge in [0.2, 0.25) is 5.91 Å². The number of para-hydroxylation sites is 1. The van der Waals surface area contributed by atoms with Crippen LogP contribution in [0.5, 0.6) is 0 Å². The van der Waals surface area contributed by atoms with Gasteiger partial charge in [-0.25, -0.2) is 0 Å². The van der Waals surface area contributed by atoms with E-state index in [1.54, 1.807) is 6.07 Å². The number of amides is 1. The van der Waals surface area contributed by atoms with Crippen LogP contribution in [-0.2, 0) is 11.4 Å². The lowest BCUT2D eigenvalue weighted by molar-refractivity contribution is -0.113. The monoisotopic (exact) mass is 211 g/mol. The first-order valence-electron chi connectivity index (χ1n) is 4.29. The van der Waals surface area contributed by atoms with Gasteiger partial charge in [0.15, 0.2) is 0 Å². The predicted octanol–water partition coefficient (Wildman–Crippen LogP) is 1.36. The van der Waals surface area contributed by atoms with E-state index >= 15 is 0 Å². The second kappa shape index (κ2) is 5.02. The van der Waals surface area contributed by atoms with Crippen LogP contribution in [0.1, 0.15) is 11.1 Å². The standard InChI is InChI=1S/C10H13NO2S/c1-7-3-2-4-8(5-12)10(7)11-9(13)6-14/h2-4,12,14H,5-6H2,1H3,(H,11,13). The number of hydrogen-bond donors (Lipinski definition) is 3. The SMILES string of the molecule is Cc1cccc(CO)c1NC(=O)CS. The molecule has 0 saturated carbocycles. The lowest BCUT2D eigenvalue weighted by Gasteiger charge is -2.11. The lowest BCUT2D eigenvalue weighted by Crippen LogP contribution is -2.15. The van der Waals surface area contributed by atoms with E-state index in [0.717, 1.165) is 11.1 Å². The molecule has 0 saturated heterocycles. The molecule has 0 aliphatic carbocycles. The molecule has 3 nitrogen and oxygen atoms in total. The highest BCUT2D eigenvalue weighted by atomic mass is 32.1. The molecule has 0 heterocycles. The third kappa shape index (κ3) is 2.49. The highest BCUT2D eigenvalue weighted by Gasteiger charge is 2.07. The molecule has 1 rings (SSSR count). The van der Waals surface area contributed by atoms with E-state index in [4.69, 9.17) is 5.11 Å². The molecule has 0 fully saturated rings. The minimum absolute atomic E-state index is 0.0795. The van der Waals surface area contributed by atoms with Crippen LogP contribution in [0.25, 0.3) is 0 Å². The van der Waals surface area contributed by atoms with Gasteiger partial charge in [-0.05, 0) is 12.5 Å². The van der Waals surface area contributed by atoms with Crippen molar-refractivity contribution in [3.8, 4) is 0 Å². The summed E-state index contributed by atoms with van der Waals surface area (Å²) in [6.07, 6.45) is 0. The minimum Gasteiger partial charge on any atom is -0.392 e. The van der Waals surface area contributed by atoms with E-state index in [1.807, 2.05) is 19.1 Å². The average molecular weight is 211 g/mol. The fourth-order valence-electron chi connectivity index (χ4n) is 1.22. The van der Waals surface area contributed by atoms with Crippen LogP contribution in [0.2, 0.25) is 0 Å². The van der Waals surface area contributed by atoms with Gasteiger partial charge in [0.25, 0.3) is 0 Å². The first-order chi connectivity index (χ1) is 6.69. The first-order valence-corrected chi connectivity index (χ1v) is 4.92. The van der Waals surface area contributed by atoms with Crippen molar-refractivity contribution in [3.05, 3.63) is 29.3 Å². The molecule has 0 atom stereocenters. The van der Waals surface area contributed by atoms with Crippen molar-refractivity contribution >= 4 is 24.2 Å². The zero-order chi connectivity index (χ0) is 10.6. The summed E-state index contributed by atoms with van der Waals surface area (Å²) < 4.78 is 0. The molecular weight excluding hydrogens is 198 g/mol. The number of anilines is 1. The van der Waals surface area contributed by atoms with Gasteiger partial charge in [-0.15, -0.1) is 0 Å². The zero-order valence-corrected chi connectivity index (χ0v) is 8.84. The molecule has 0 aromatic heterocycles. The third-order valence-electron chi connectivity index (χ3n) is 1.94. The number of carbonyl (C=O) groups excluding carboxylic acids is 1. The summed E-state index contributed by atoms with van der Waals surface area (Å²) in [6, 6.07) is 5.51. The molecule has 0 bridgehead atoms. The average Bonchev–Trinajstić information content (AvgIpc) is 2.20. The van der Waals surface area contributed by atoms with Crippen LogP contribution in [0.15, 0.2) is 18.2 Å². The zero-order valence-electron chi connectivity index (χ0n) is 7.95. The number of carbonyl (C=O) groups is 1. The van der Waals surface area contributed by atoms with E-state index < -0.39 is 0 Å². The van der Waals surface area contributed by atoms with E-state index in [-0.39, 0.29) is 18.3 Å². The molecule has 1 aromatic carbocycles. The molecule has 76 valence electrons. The van der Waals surface area contributed by atoms with Crippen LogP contribution in [-0.4, -0.2) is 16.8 Å². The van der Waals surface area contributed by atoms with Crippen molar-refractivity contribution in [1.82, 2.24) is 0 Å². The number of thiol groups is 1. The highest BCUT2D eigenvalue weighted by molar-refractivity contribution is 7.81. The Morgan fingerprint density at radius 3 is 2.86 bits per heavy atom. The molecule has 1 amide bonds. The van der Waals surface area contributed by atoms with Crippen molar-refractivity contribution in [2.75, 3.05) is 11.1 Å². The summed E-state index contributed by atoms with van der Waals surface area (Å²) in [5.74, 6) is -0.0310. The van der Waals surface area contributed by atoms with Gasteiger partial charge in [0.05, 0.1) is 12.4 Å². The molecule has 0 unspecified atom stereocenters. The van der Waals surface area contributed by atoms with Crippen LogP contribution in [0.4, 0.5) is 5.69 Å². The van der Waals surface area contributed by atoms with Crippen molar-refractivity contribution < 1.29 is 9.90 Å². The Hall–Kier alpha value is -1.000. The molecule has 0 spiro atoms. The fraction of sp³-hybridized carbons (Fsp3) is 0.300. The quantitative estimate of drug-likeness (QED) is 0.661. The van der Waals surface area contributed by atoms with E-state index in [0.29, 0.717) is 5.69 Å². The van der Waals surface area contributed by atoms with E-state index in [1.165, 1.54) is 0 Å². The fourth-order valence-corrected chi connectivity index (χ4v) is 1.30. The van der Waals surface area contributed by atoms with Crippen LogP contribution < -0.4 is 5.32 Å². The normalized spacial score (nSPS) is 9.93. The third-order valence-corrected chi connectivity index (χ3v) is 2.22. The molecule has 2 N–H and O–H groups in total. The van der Waals surface area contributed by atoms with Crippen LogP contribution in [0.3, 0.4) is 0 Å². The Morgan fingerprint density at radius 1 is 1.57 bits per heavy atom. The van der Waals surface area contributed by atoms with Crippen molar-refractivity contribution in [2.45, 2.75) is 13.5 Å². The molecule has 0 radical (unpaired) electrons. The second-order valence-electron chi connectivity index (χ2n) is 2.97. The van der Waals surface area contributed by atoms with Gasteiger partial charge in [-0.2, -0.15) is 12.6 Å². The van der Waals surface area contributed by atoms with Gasteiger partial charge in [0, 0.05) is 11.3 Å². The second-order valence-corrected chi connectivity index (χ2v) is 3.29. The number of benzene rings is 1. The summed E-state index contributed by atoms with van der Waals surface area (Å²) in [4.78, 5) is 11.1. The number of nitrogens with one attached hydrogen (secondary N) is 1. The molecule has 0 aliphatic rings. The predicted molar refractivity (Wildman–Crippen MR) is 59.6 cm³/mol. The number of aliphatic hydroxyl groups is 1. The van der Waals surface area contributed by atoms with Crippen LogP contribution in [0, 0.1) is 6.92 Å². The molecule has 1 aromatic rings. The Bertz CT molecular complexity index is 339. The summed E-state index contributed by atoms with van der Waals surface area (Å²) >= 11 is 3.87. The van der Waals surface area contributed by atoms with Gasteiger partial charge in [-0.1, -0.05) is 18.2 Å². The maximum atomic E-state index is 11.1. The largest absolute Gasteiger partial charge is 0.392 e. The smallest absolute Gasteiger partial charge is 0.234 e. The van der Waals surface area contributed by atoms with Crippen LogP contribution >= 0.6 is 12.6 Å². The van der Waals surface area contributed by atoms with Gasteiger partial charge in [-0.3, -0.25) is 4.79 Å². The van der Waals surface area contributed by atoms with Crippen molar-refractivity contribution in [3.63, 3.8) is 0 Å². The molecule has 0 aliphatic heterocycles. The number of aryl methyl sites for hydroxylation is 1. The van der Waals surface area contributed by atoms with Gasteiger partial charge in [0.1, 0.15) is 0 Å². The lowest BCUT2D eigenvalue weighted by atomic mass is 10.1. The first kappa shape index (κ1) is 11.1. The molecule has 4 heteroatoms. The minimum atomic E-state index is -0.169. The maximum Gasteiger partial charge on any atom is 0.234 e. The Labute approximate surface area is 88.6 Å². The van der Waals surface area contributed by atoms with Crippen molar-refractivity contribution in [2.24, 2.45) is 0 Å². The number of hydrogen-bond acceptors (Lipinski definition) is 3. The van der Waals surface area contributed by atoms with Gasteiger partial charge >= 0.3 is 0 Å². The molecule has 14 heavy (non-hydrogen) atoms.